The standard InChI is InChI=1S/C60H107N11O13/c1-24-25-26-37(14)50(74)49-54(78)65-47(40(17)72)58(82)66(18)30-44(73)63-45(34(8)9)53(77)64-46(35(10)11)59(83)67(19)41(27-31(2)3)52(76)61-38(15)51(75)62-39(16)55(79)68(20)42(28-32(4)5)56(80)69(21)43(29-33(6)7)57(81)70(22)48(36(12)13)60(84)71(49)23/h24-25,31-43,45-50,72,74H,26-30H2,1-23H3,(H,61,76)(H,62,75)(H,63,73)(H,64,77)(H,65,78)/b25-24+/t37-,38+,39-,40-,41-,42+,43+,45+,46-,47+,48+,49+,50-/m1/s1. The number of hydrogen-bond acceptors (Lipinski definition) is 13. The molecule has 0 aliphatic carbocycles. The maximum atomic E-state index is 15.1. The number of hydrogen-bond donors (Lipinski definition) is 7. The molecule has 0 aromatic rings. The Morgan fingerprint density at radius 3 is 1.32 bits per heavy atom. The van der Waals surface area contributed by atoms with Crippen molar-refractivity contribution in [3.05, 3.63) is 12.2 Å². The monoisotopic (exact) mass is 1190 g/mol. The zero-order chi connectivity index (χ0) is 65.3. The van der Waals surface area contributed by atoms with Crippen LogP contribution < -0.4 is 26.6 Å². The highest BCUT2D eigenvalue weighted by Crippen LogP contribution is 2.25. The Bertz CT molecular complexity index is 2310. The summed E-state index contributed by atoms with van der Waals surface area (Å²) in [6, 6.07) is -13.2. The molecule has 0 aromatic heterocycles. The number of nitrogens with zero attached hydrogens (tertiary/aromatic N) is 6. The third-order valence-corrected chi connectivity index (χ3v) is 15.5. The number of carbonyl (C=O) groups excluding carboxylic acids is 11. The molecule has 1 aliphatic rings. The molecule has 7 N–H and O–H groups in total. The molecule has 24 heteroatoms. The van der Waals surface area contributed by atoms with E-state index < -0.39 is 168 Å². The van der Waals surface area contributed by atoms with Crippen LogP contribution >= 0.6 is 0 Å². The van der Waals surface area contributed by atoms with E-state index in [1.807, 2.05) is 41.5 Å². The van der Waals surface area contributed by atoms with Crippen molar-refractivity contribution in [1.82, 2.24) is 56.0 Å². The van der Waals surface area contributed by atoms with Crippen LogP contribution in [0.2, 0.25) is 0 Å². The summed E-state index contributed by atoms with van der Waals surface area (Å²) in [6.07, 6.45) is 0.979. The summed E-state index contributed by atoms with van der Waals surface area (Å²) >= 11 is 0. The zero-order valence-electron chi connectivity index (χ0n) is 54.7. The lowest BCUT2D eigenvalue weighted by molar-refractivity contribution is -0.157. The molecule has 1 fully saturated rings. The molecule has 480 valence electrons. The minimum absolute atomic E-state index is 0.118. The molecule has 1 saturated heterocycles. The second-order valence-electron chi connectivity index (χ2n) is 25.5. The largest absolute Gasteiger partial charge is 0.391 e. The first-order chi connectivity index (χ1) is 38.7. The Morgan fingerprint density at radius 1 is 0.440 bits per heavy atom. The van der Waals surface area contributed by atoms with Gasteiger partial charge in [0.05, 0.1) is 18.8 Å². The summed E-state index contributed by atoms with van der Waals surface area (Å²) in [7, 11) is 8.19. The molecule has 84 heavy (non-hydrogen) atoms. The van der Waals surface area contributed by atoms with Gasteiger partial charge in [0.2, 0.25) is 65.0 Å². The normalized spacial score (nSPS) is 27.3. The van der Waals surface area contributed by atoms with Gasteiger partial charge in [0.25, 0.3) is 0 Å². The number of aliphatic hydroxyl groups excluding tert-OH is 2. The average molecular weight is 1190 g/mol. The van der Waals surface area contributed by atoms with Crippen molar-refractivity contribution in [1.29, 1.82) is 0 Å². The van der Waals surface area contributed by atoms with Gasteiger partial charge < -0.3 is 66.2 Å². The third kappa shape index (κ3) is 21.1. The van der Waals surface area contributed by atoms with E-state index in [9.17, 15) is 53.4 Å². The van der Waals surface area contributed by atoms with Crippen LogP contribution in [-0.2, 0) is 52.7 Å². The second kappa shape index (κ2) is 34.1. The maximum Gasteiger partial charge on any atom is 0.248 e. The molecule has 1 heterocycles. The quantitative estimate of drug-likeness (QED) is 0.122. The fourth-order valence-electron chi connectivity index (χ4n) is 10.3. The van der Waals surface area contributed by atoms with Crippen molar-refractivity contribution >= 4 is 65.0 Å². The third-order valence-electron chi connectivity index (χ3n) is 15.5. The van der Waals surface area contributed by atoms with Crippen molar-refractivity contribution in [3.63, 3.8) is 0 Å². The number of aliphatic hydroxyl groups is 2. The highest BCUT2D eigenvalue weighted by molar-refractivity contribution is 5.99. The van der Waals surface area contributed by atoms with E-state index in [-0.39, 0.29) is 43.4 Å². The van der Waals surface area contributed by atoms with Crippen molar-refractivity contribution in [2.45, 2.75) is 216 Å². The molecular formula is C60H107N11O13. The summed E-state index contributed by atoms with van der Waals surface area (Å²) in [5.41, 5.74) is 0. The van der Waals surface area contributed by atoms with Gasteiger partial charge in [-0.2, -0.15) is 0 Å². The van der Waals surface area contributed by atoms with Gasteiger partial charge >= 0.3 is 0 Å². The van der Waals surface area contributed by atoms with Gasteiger partial charge in [-0.1, -0.05) is 102 Å². The van der Waals surface area contributed by atoms with Crippen LogP contribution in [0.1, 0.15) is 143 Å². The lowest BCUT2D eigenvalue weighted by atomic mass is 9.91. The first kappa shape index (κ1) is 75.8. The summed E-state index contributed by atoms with van der Waals surface area (Å²) in [6.45, 7) is 28.0. The number of allylic oxidation sites excluding steroid dienone is 2. The van der Waals surface area contributed by atoms with E-state index >= 15 is 9.59 Å². The van der Waals surface area contributed by atoms with Gasteiger partial charge in [0.1, 0.15) is 60.4 Å². The molecule has 13 atom stereocenters. The summed E-state index contributed by atoms with van der Waals surface area (Å²) in [4.78, 5) is 166. The molecule has 11 amide bonds. The average Bonchev–Trinajstić information content (AvgIpc) is 3.54. The SMILES string of the molecule is C/C=C/C[C@@H](C)[C@@H](O)[C@H]1C(=O)N[C@@H]([C@@H](C)O)C(=O)N(C)CC(=O)N[C@@H](C(C)C)C(=O)N[C@H](C(C)C)C(=O)N(C)[C@H](CC(C)C)C(=O)N[C@@H](C)C(=O)N[C@H](C)C(=O)N(C)[C@@H](CC(C)C)C(=O)N(C)[C@@H](CC(C)C)C(=O)N(C)[C@@H](C(C)C)C(=O)N1C. The first-order valence-corrected chi connectivity index (χ1v) is 29.7. The van der Waals surface area contributed by atoms with Crippen molar-refractivity contribution < 1.29 is 63.0 Å². The van der Waals surface area contributed by atoms with Crippen LogP contribution in [0.5, 0.6) is 0 Å². The van der Waals surface area contributed by atoms with Gasteiger partial charge in [-0.05, 0) is 94.8 Å². The Kier molecular flexibility index (Phi) is 30.8. The lowest BCUT2D eigenvalue weighted by Gasteiger charge is -2.41. The highest BCUT2D eigenvalue weighted by atomic mass is 16.3. The topological polar surface area (TPSA) is 308 Å². The number of carbonyl (C=O) groups is 11. The van der Waals surface area contributed by atoms with Crippen LogP contribution in [0.25, 0.3) is 0 Å². The number of rotatable bonds is 14. The Balaban J connectivity index is 4.30. The molecule has 1 aliphatic heterocycles. The Labute approximate surface area is 500 Å². The minimum Gasteiger partial charge on any atom is -0.391 e. The minimum atomic E-state index is -1.75. The van der Waals surface area contributed by atoms with Crippen LogP contribution in [0, 0.1) is 41.4 Å². The van der Waals surface area contributed by atoms with E-state index in [2.05, 4.69) is 26.6 Å². The molecule has 0 aromatic carbocycles. The van der Waals surface area contributed by atoms with E-state index in [4.69, 9.17) is 0 Å². The molecule has 0 saturated carbocycles. The Hall–Kier alpha value is -6.17. The van der Waals surface area contributed by atoms with Crippen LogP contribution in [0.3, 0.4) is 0 Å². The summed E-state index contributed by atoms with van der Waals surface area (Å²) < 4.78 is 0. The Morgan fingerprint density at radius 2 is 0.869 bits per heavy atom. The van der Waals surface area contributed by atoms with Crippen molar-refractivity contribution in [2.24, 2.45) is 41.4 Å². The molecule has 0 bridgehead atoms. The smallest absolute Gasteiger partial charge is 0.248 e. The molecule has 0 unspecified atom stereocenters. The lowest BCUT2D eigenvalue weighted by Crippen LogP contribution is -2.64. The van der Waals surface area contributed by atoms with E-state index in [1.54, 1.807) is 67.5 Å². The van der Waals surface area contributed by atoms with Gasteiger partial charge in [-0.25, -0.2) is 0 Å². The van der Waals surface area contributed by atoms with Gasteiger partial charge in [-0.3, -0.25) is 52.7 Å². The van der Waals surface area contributed by atoms with E-state index in [0.29, 0.717) is 0 Å². The fourth-order valence-corrected chi connectivity index (χ4v) is 10.3. The predicted molar refractivity (Wildman–Crippen MR) is 321 cm³/mol. The van der Waals surface area contributed by atoms with Crippen molar-refractivity contribution in [2.75, 3.05) is 48.8 Å². The van der Waals surface area contributed by atoms with Crippen molar-refractivity contribution in [3.8, 4) is 0 Å². The first-order valence-electron chi connectivity index (χ1n) is 29.7. The molecule has 0 spiro atoms. The van der Waals surface area contributed by atoms with E-state index in [0.717, 1.165) is 9.80 Å². The van der Waals surface area contributed by atoms with Crippen LogP contribution in [-0.4, -0.2) is 226 Å². The molecular weight excluding hydrogens is 1080 g/mol. The highest BCUT2D eigenvalue weighted by Gasteiger charge is 2.46. The number of amides is 11. The fraction of sp³-hybridized carbons (Fsp3) is 0.783. The van der Waals surface area contributed by atoms with Gasteiger partial charge in [0, 0.05) is 42.3 Å². The predicted octanol–water partition coefficient (Wildman–Crippen LogP) is 1.51. The molecule has 1 rings (SSSR count). The van der Waals surface area contributed by atoms with Crippen LogP contribution in [0.4, 0.5) is 0 Å². The zero-order valence-corrected chi connectivity index (χ0v) is 54.7. The maximum absolute atomic E-state index is 15.1. The van der Waals surface area contributed by atoms with Gasteiger partial charge in [0.15, 0.2) is 0 Å². The van der Waals surface area contributed by atoms with E-state index in [1.165, 1.54) is 82.7 Å². The van der Waals surface area contributed by atoms with Crippen LogP contribution in [0.15, 0.2) is 12.2 Å². The molecule has 0 radical (unpaired) electrons. The van der Waals surface area contributed by atoms with Gasteiger partial charge in [-0.15, -0.1) is 0 Å². The summed E-state index contributed by atoms with van der Waals surface area (Å²) in [5.74, 6) is -11.3. The number of likely N-dealkylation sites (N-methyl/N-ethyl adjacent to an activating group) is 6. The molecule has 24 nitrogen and oxygen atoms in total. The number of nitrogens with one attached hydrogen (secondary N) is 5. The second-order valence-corrected chi connectivity index (χ2v) is 25.5. The summed E-state index contributed by atoms with van der Waals surface area (Å²) in [5, 5.41) is 36.4.